The van der Waals surface area contributed by atoms with E-state index < -0.39 is 58.9 Å². The Balaban J connectivity index is 1.52. The number of imidazole rings is 1. The lowest BCUT2D eigenvalue weighted by molar-refractivity contribution is -0.137. The Labute approximate surface area is 248 Å². The SMILES string of the molecule is O=C(Nc1cc(-c2ccc3ncc(C(F)F)n3c2)cc2c1[C@H](c1cc(F)ccc1Cl)NC2=O)c1cc(F)cc(C(F)(F)F)c1. The topological polar surface area (TPSA) is 75.5 Å². The lowest BCUT2D eigenvalue weighted by atomic mass is 9.93. The van der Waals surface area contributed by atoms with Crippen LogP contribution in [0.25, 0.3) is 16.8 Å². The molecular formula is C30H16ClF7N4O2. The summed E-state index contributed by atoms with van der Waals surface area (Å²) in [7, 11) is 0. The maximum Gasteiger partial charge on any atom is 0.416 e. The van der Waals surface area contributed by atoms with Crippen LogP contribution in [0.15, 0.2) is 73.1 Å². The molecule has 1 atom stereocenters. The largest absolute Gasteiger partial charge is 0.416 e. The standard InChI is InChI=1S/C30H16ClF7N4O2/c31-21-3-2-17(32)10-19(21)26-25-20(29(44)41-26)7-14(13-1-4-24-39-11-23(27(34)35)42(24)12-13)8-22(25)40-28(43)15-5-16(30(36,37)38)9-18(33)6-15/h1-12,26-27H,(H,40,43)(H,41,44)/t26-/m0/s1. The number of alkyl halides is 5. The summed E-state index contributed by atoms with van der Waals surface area (Å²) in [6, 6.07) is 9.39. The highest BCUT2D eigenvalue weighted by Gasteiger charge is 2.36. The Hall–Kier alpha value is -4.91. The highest BCUT2D eigenvalue weighted by molar-refractivity contribution is 6.31. The second-order valence-corrected chi connectivity index (χ2v) is 10.3. The van der Waals surface area contributed by atoms with Crippen LogP contribution in [0.4, 0.5) is 36.4 Å². The van der Waals surface area contributed by atoms with Gasteiger partial charge in [0.15, 0.2) is 0 Å². The van der Waals surface area contributed by atoms with Crippen molar-refractivity contribution in [3.63, 3.8) is 0 Å². The third-order valence-electron chi connectivity index (χ3n) is 7.08. The predicted octanol–water partition coefficient (Wildman–Crippen LogP) is 7.97. The number of hydrogen-bond donors (Lipinski definition) is 2. The number of nitrogens with zero attached hydrogens (tertiary/aromatic N) is 2. The molecule has 6 rings (SSSR count). The molecule has 3 heterocycles. The number of pyridine rings is 1. The molecule has 0 bridgehead atoms. The van der Waals surface area contributed by atoms with Gasteiger partial charge >= 0.3 is 6.18 Å². The number of nitrogens with one attached hydrogen (secondary N) is 2. The number of hydrogen-bond acceptors (Lipinski definition) is 3. The smallest absolute Gasteiger partial charge is 0.341 e. The van der Waals surface area contributed by atoms with Crippen molar-refractivity contribution in [2.24, 2.45) is 0 Å². The maximum absolute atomic E-state index is 14.2. The number of halogens is 8. The van der Waals surface area contributed by atoms with Crippen LogP contribution in [0.5, 0.6) is 0 Å². The number of aromatic nitrogens is 2. The molecular weight excluding hydrogens is 617 g/mol. The maximum atomic E-state index is 14.2. The molecule has 2 aromatic heterocycles. The fourth-order valence-corrected chi connectivity index (χ4v) is 5.31. The van der Waals surface area contributed by atoms with Crippen molar-refractivity contribution in [2.75, 3.05) is 5.32 Å². The lowest BCUT2D eigenvalue weighted by Crippen LogP contribution is -2.21. The Kier molecular flexibility index (Phi) is 7.07. The second kappa shape index (κ2) is 10.7. The molecule has 6 nitrogen and oxygen atoms in total. The van der Waals surface area contributed by atoms with E-state index in [4.69, 9.17) is 11.6 Å². The van der Waals surface area contributed by atoms with Crippen molar-refractivity contribution in [3.05, 3.63) is 123 Å². The molecule has 2 N–H and O–H groups in total. The van der Waals surface area contributed by atoms with Gasteiger partial charge in [0.1, 0.15) is 23.0 Å². The van der Waals surface area contributed by atoms with Gasteiger partial charge in [0.05, 0.1) is 17.8 Å². The zero-order valence-electron chi connectivity index (χ0n) is 21.8. The zero-order chi connectivity index (χ0) is 31.5. The van der Waals surface area contributed by atoms with Gasteiger partial charge in [0.2, 0.25) is 0 Å². The number of fused-ring (bicyclic) bond motifs is 2. The lowest BCUT2D eigenvalue weighted by Gasteiger charge is -2.19. The Morgan fingerprint density at radius 1 is 0.977 bits per heavy atom. The zero-order valence-corrected chi connectivity index (χ0v) is 22.6. The van der Waals surface area contributed by atoms with Crippen LogP contribution in [0.1, 0.15) is 55.6 Å². The summed E-state index contributed by atoms with van der Waals surface area (Å²) in [5.41, 5.74) is -1.61. The second-order valence-electron chi connectivity index (χ2n) is 9.87. The van der Waals surface area contributed by atoms with E-state index in [1.807, 2.05) is 0 Å². The van der Waals surface area contributed by atoms with Gasteiger partial charge in [-0.15, -0.1) is 0 Å². The van der Waals surface area contributed by atoms with Gasteiger partial charge in [0, 0.05) is 39.2 Å². The summed E-state index contributed by atoms with van der Waals surface area (Å²) in [6.07, 6.45) is -5.46. The van der Waals surface area contributed by atoms with Crippen LogP contribution in [0, 0.1) is 11.6 Å². The number of carbonyl (C=O) groups is 2. The van der Waals surface area contributed by atoms with Crippen LogP contribution in [0.2, 0.25) is 5.02 Å². The fraction of sp³-hybridized carbons (Fsp3) is 0.100. The first kappa shape index (κ1) is 29.2. The van der Waals surface area contributed by atoms with Gasteiger partial charge in [-0.05, 0) is 71.8 Å². The van der Waals surface area contributed by atoms with Gasteiger partial charge in [-0.1, -0.05) is 11.6 Å². The molecule has 0 radical (unpaired) electrons. The van der Waals surface area contributed by atoms with E-state index in [-0.39, 0.29) is 44.7 Å². The van der Waals surface area contributed by atoms with Gasteiger partial charge in [-0.2, -0.15) is 13.2 Å². The molecule has 2 amide bonds. The molecule has 224 valence electrons. The molecule has 1 aliphatic rings. The van der Waals surface area contributed by atoms with Crippen molar-refractivity contribution in [1.29, 1.82) is 0 Å². The average Bonchev–Trinajstić information content (AvgIpc) is 3.54. The number of amides is 2. The molecule has 44 heavy (non-hydrogen) atoms. The first-order valence-corrected chi connectivity index (χ1v) is 13.1. The number of carbonyl (C=O) groups excluding carboxylic acids is 2. The van der Waals surface area contributed by atoms with E-state index >= 15 is 0 Å². The molecule has 0 fully saturated rings. The third-order valence-corrected chi connectivity index (χ3v) is 7.43. The Morgan fingerprint density at radius 2 is 1.75 bits per heavy atom. The molecule has 1 aliphatic heterocycles. The molecule has 5 aromatic rings. The summed E-state index contributed by atoms with van der Waals surface area (Å²) in [4.78, 5) is 30.4. The van der Waals surface area contributed by atoms with Crippen molar-refractivity contribution in [3.8, 4) is 11.1 Å². The summed E-state index contributed by atoms with van der Waals surface area (Å²) in [5, 5.41) is 5.17. The van der Waals surface area contributed by atoms with E-state index in [1.165, 1.54) is 36.5 Å². The molecule has 14 heteroatoms. The minimum absolute atomic E-state index is 0.0156. The predicted molar refractivity (Wildman–Crippen MR) is 146 cm³/mol. The van der Waals surface area contributed by atoms with E-state index in [0.717, 1.165) is 22.7 Å². The monoisotopic (exact) mass is 632 g/mol. The number of benzene rings is 3. The molecule has 0 aliphatic carbocycles. The third kappa shape index (κ3) is 5.23. The van der Waals surface area contributed by atoms with Crippen LogP contribution in [0.3, 0.4) is 0 Å². The first-order chi connectivity index (χ1) is 20.8. The van der Waals surface area contributed by atoms with E-state index in [9.17, 15) is 40.3 Å². The van der Waals surface area contributed by atoms with Crippen LogP contribution in [-0.2, 0) is 6.18 Å². The Morgan fingerprint density at radius 3 is 2.48 bits per heavy atom. The quantitative estimate of drug-likeness (QED) is 0.193. The molecule has 0 spiro atoms. The molecule has 0 saturated heterocycles. The first-order valence-electron chi connectivity index (χ1n) is 12.7. The van der Waals surface area contributed by atoms with Gasteiger partial charge in [-0.25, -0.2) is 22.5 Å². The van der Waals surface area contributed by atoms with Crippen molar-refractivity contribution < 1.29 is 40.3 Å². The Bertz CT molecular complexity index is 1990. The molecule has 0 unspecified atom stereocenters. The molecule has 0 saturated carbocycles. The summed E-state index contributed by atoms with van der Waals surface area (Å²) in [5.74, 6) is -3.81. The van der Waals surface area contributed by atoms with Crippen molar-refractivity contribution >= 4 is 34.7 Å². The van der Waals surface area contributed by atoms with Crippen LogP contribution >= 0.6 is 11.6 Å². The molecule has 3 aromatic carbocycles. The highest BCUT2D eigenvalue weighted by Crippen LogP contribution is 2.42. The van der Waals surface area contributed by atoms with E-state index in [2.05, 4.69) is 15.6 Å². The van der Waals surface area contributed by atoms with Crippen molar-refractivity contribution in [1.82, 2.24) is 14.7 Å². The van der Waals surface area contributed by atoms with Crippen LogP contribution in [-0.4, -0.2) is 21.2 Å². The van der Waals surface area contributed by atoms with E-state index in [1.54, 1.807) is 0 Å². The minimum Gasteiger partial charge on any atom is -0.341 e. The summed E-state index contributed by atoms with van der Waals surface area (Å²) >= 11 is 6.31. The normalized spacial score (nSPS) is 14.7. The summed E-state index contributed by atoms with van der Waals surface area (Å²) in [6.45, 7) is 0. The van der Waals surface area contributed by atoms with Crippen molar-refractivity contribution in [2.45, 2.75) is 18.6 Å². The summed E-state index contributed by atoms with van der Waals surface area (Å²) < 4.78 is 96.6. The van der Waals surface area contributed by atoms with E-state index in [0.29, 0.717) is 17.7 Å². The van der Waals surface area contributed by atoms with Crippen LogP contribution < -0.4 is 10.6 Å². The average molecular weight is 633 g/mol. The van der Waals surface area contributed by atoms with Gasteiger partial charge < -0.3 is 10.6 Å². The number of rotatable bonds is 5. The minimum atomic E-state index is -4.95. The van der Waals surface area contributed by atoms with Gasteiger partial charge in [0.25, 0.3) is 18.2 Å². The number of anilines is 1. The van der Waals surface area contributed by atoms with Gasteiger partial charge in [-0.3, -0.25) is 14.0 Å². The fourth-order valence-electron chi connectivity index (χ4n) is 5.08. The highest BCUT2D eigenvalue weighted by atomic mass is 35.5.